The first-order chi connectivity index (χ1) is 8.72. The van der Waals surface area contributed by atoms with Crippen molar-refractivity contribution in [1.82, 2.24) is 4.90 Å². The number of nitrogens with zero attached hydrogens (tertiary/aromatic N) is 1. The van der Waals surface area contributed by atoms with Crippen LogP contribution in [-0.2, 0) is 0 Å². The van der Waals surface area contributed by atoms with Crippen LogP contribution in [0.1, 0.15) is 42.9 Å². The van der Waals surface area contributed by atoms with Gasteiger partial charge in [0.15, 0.2) is 0 Å². The van der Waals surface area contributed by atoms with Crippen LogP contribution >= 0.6 is 0 Å². The SMILES string of the molecule is Cc1cccc(C(O)CCN2CC3CCC2C3)c1. The topological polar surface area (TPSA) is 23.5 Å². The number of hydrogen-bond acceptors (Lipinski definition) is 2. The molecular weight excluding hydrogens is 222 g/mol. The van der Waals surface area contributed by atoms with Gasteiger partial charge in [-0.3, -0.25) is 4.90 Å². The third kappa shape index (κ3) is 2.45. The van der Waals surface area contributed by atoms with Gasteiger partial charge in [-0.25, -0.2) is 0 Å². The van der Waals surface area contributed by atoms with Gasteiger partial charge < -0.3 is 5.11 Å². The second-order valence-corrected chi connectivity index (χ2v) is 6.05. The van der Waals surface area contributed by atoms with Gasteiger partial charge in [-0.1, -0.05) is 29.8 Å². The van der Waals surface area contributed by atoms with E-state index in [1.165, 1.54) is 31.4 Å². The van der Waals surface area contributed by atoms with Crippen LogP contribution in [-0.4, -0.2) is 29.1 Å². The fourth-order valence-corrected chi connectivity index (χ4v) is 3.63. The largest absolute Gasteiger partial charge is 0.388 e. The molecule has 1 aromatic rings. The van der Waals surface area contributed by atoms with Gasteiger partial charge in [-0.05, 0) is 44.1 Å². The Kier molecular flexibility index (Phi) is 3.40. The average Bonchev–Trinajstić information content (AvgIpc) is 2.98. The van der Waals surface area contributed by atoms with Gasteiger partial charge in [0.1, 0.15) is 0 Å². The Hall–Kier alpha value is -0.860. The van der Waals surface area contributed by atoms with Crippen molar-refractivity contribution in [2.75, 3.05) is 13.1 Å². The highest BCUT2D eigenvalue weighted by Gasteiger charge is 2.37. The number of aryl methyl sites for hydroxylation is 1. The van der Waals surface area contributed by atoms with Crippen molar-refractivity contribution >= 4 is 0 Å². The molecule has 1 saturated carbocycles. The van der Waals surface area contributed by atoms with E-state index < -0.39 is 0 Å². The summed E-state index contributed by atoms with van der Waals surface area (Å²) in [6.07, 6.45) is 4.78. The number of aliphatic hydroxyl groups excluding tert-OH is 1. The molecule has 2 bridgehead atoms. The number of likely N-dealkylation sites (tertiary alicyclic amines) is 1. The minimum atomic E-state index is -0.302. The van der Waals surface area contributed by atoms with Crippen LogP contribution in [0.5, 0.6) is 0 Å². The summed E-state index contributed by atoms with van der Waals surface area (Å²) in [4.78, 5) is 2.59. The summed E-state index contributed by atoms with van der Waals surface area (Å²) < 4.78 is 0. The molecule has 2 nitrogen and oxygen atoms in total. The fraction of sp³-hybridized carbons (Fsp3) is 0.625. The van der Waals surface area contributed by atoms with Crippen molar-refractivity contribution < 1.29 is 5.11 Å². The van der Waals surface area contributed by atoms with Gasteiger partial charge in [0, 0.05) is 19.1 Å². The molecule has 0 spiro atoms. The first-order valence-electron chi connectivity index (χ1n) is 7.21. The zero-order valence-corrected chi connectivity index (χ0v) is 11.2. The number of aliphatic hydroxyl groups is 1. The normalized spacial score (nSPS) is 28.8. The molecule has 1 saturated heterocycles. The lowest BCUT2D eigenvalue weighted by atomic mass is 10.0. The van der Waals surface area contributed by atoms with E-state index in [2.05, 4.69) is 24.0 Å². The molecule has 0 radical (unpaired) electrons. The van der Waals surface area contributed by atoms with Crippen LogP contribution in [0.15, 0.2) is 24.3 Å². The fourth-order valence-electron chi connectivity index (χ4n) is 3.63. The molecule has 1 aliphatic heterocycles. The van der Waals surface area contributed by atoms with E-state index >= 15 is 0 Å². The minimum absolute atomic E-state index is 0.302. The quantitative estimate of drug-likeness (QED) is 0.881. The van der Waals surface area contributed by atoms with Crippen LogP contribution in [0.25, 0.3) is 0 Å². The summed E-state index contributed by atoms with van der Waals surface area (Å²) in [7, 11) is 0. The maximum absolute atomic E-state index is 10.2. The summed E-state index contributed by atoms with van der Waals surface area (Å²) in [5.74, 6) is 0.950. The Labute approximate surface area is 110 Å². The second kappa shape index (κ2) is 5.02. The van der Waals surface area contributed by atoms with E-state index in [0.29, 0.717) is 0 Å². The molecule has 3 unspecified atom stereocenters. The number of benzene rings is 1. The Balaban J connectivity index is 1.54. The molecule has 1 aromatic carbocycles. The molecule has 2 fully saturated rings. The first kappa shape index (κ1) is 12.2. The van der Waals surface area contributed by atoms with E-state index in [1.807, 2.05) is 12.1 Å². The van der Waals surface area contributed by atoms with Crippen LogP contribution < -0.4 is 0 Å². The molecule has 0 aromatic heterocycles. The van der Waals surface area contributed by atoms with E-state index in [1.54, 1.807) is 0 Å². The number of hydrogen-bond donors (Lipinski definition) is 1. The predicted molar refractivity (Wildman–Crippen MR) is 73.5 cm³/mol. The molecule has 18 heavy (non-hydrogen) atoms. The zero-order valence-electron chi connectivity index (χ0n) is 11.2. The summed E-state index contributed by atoms with van der Waals surface area (Å²) in [6, 6.07) is 9.07. The van der Waals surface area contributed by atoms with Gasteiger partial charge in [0.25, 0.3) is 0 Å². The van der Waals surface area contributed by atoms with Gasteiger partial charge in [0.2, 0.25) is 0 Å². The van der Waals surface area contributed by atoms with Gasteiger partial charge in [-0.15, -0.1) is 0 Å². The molecular formula is C16H23NO. The minimum Gasteiger partial charge on any atom is -0.388 e. The lowest BCUT2D eigenvalue weighted by Gasteiger charge is -2.27. The standard InChI is InChI=1S/C16H23NO/c1-12-3-2-4-14(9-12)16(18)7-8-17-11-13-5-6-15(17)10-13/h2-4,9,13,15-16,18H,5-8,10-11H2,1H3. The van der Waals surface area contributed by atoms with Crippen molar-refractivity contribution in [1.29, 1.82) is 0 Å². The van der Waals surface area contributed by atoms with Crippen molar-refractivity contribution in [3.63, 3.8) is 0 Å². The maximum atomic E-state index is 10.2. The lowest BCUT2D eigenvalue weighted by Crippen LogP contribution is -2.33. The Bertz CT molecular complexity index is 417. The van der Waals surface area contributed by atoms with Crippen LogP contribution in [0.4, 0.5) is 0 Å². The van der Waals surface area contributed by atoms with Gasteiger partial charge in [-0.2, -0.15) is 0 Å². The number of piperidine rings is 1. The predicted octanol–water partition coefficient (Wildman–Crippen LogP) is 2.90. The molecule has 2 aliphatic rings. The Morgan fingerprint density at radius 3 is 2.94 bits per heavy atom. The van der Waals surface area contributed by atoms with E-state index in [-0.39, 0.29) is 6.10 Å². The van der Waals surface area contributed by atoms with Gasteiger partial charge in [0.05, 0.1) is 6.10 Å². The summed E-state index contributed by atoms with van der Waals surface area (Å²) in [5.41, 5.74) is 2.30. The second-order valence-electron chi connectivity index (χ2n) is 6.05. The third-order valence-corrected chi connectivity index (χ3v) is 4.64. The number of fused-ring (bicyclic) bond motifs is 2. The highest BCUT2D eigenvalue weighted by molar-refractivity contribution is 5.24. The van der Waals surface area contributed by atoms with Crippen molar-refractivity contribution in [2.24, 2.45) is 5.92 Å². The average molecular weight is 245 g/mol. The van der Waals surface area contributed by atoms with Gasteiger partial charge >= 0.3 is 0 Å². The summed E-state index contributed by atoms with van der Waals surface area (Å²) in [6.45, 7) is 4.40. The Morgan fingerprint density at radius 2 is 2.28 bits per heavy atom. The van der Waals surface area contributed by atoms with Crippen molar-refractivity contribution in [3.8, 4) is 0 Å². The molecule has 0 amide bonds. The maximum Gasteiger partial charge on any atom is 0.0802 e. The third-order valence-electron chi connectivity index (χ3n) is 4.64. The highest BCUT2D eigenvalue weighted by atomic mass is 16.3. The zero-order chi connectivity index (χ0) is 12.5. The van der Waals surface area contributed by atoms with Crippen LogP contribution in [0, 0.1) is 12.8 Å². The van der Waals surface area contributed by atoms with E-state index in [4.69, 9.17) is 0 Å². The smallest absolute Gasteiger partial charge is 0.0802 e. The lowest BCUT2D eigenvalue weighted by molar-refractivity contribution is 0.129. The Morgan fingerprint density at radius 1 is 1.39 bits per heavy atom. The van der Waals surface area contributed by atoms with Crippen LogP contribution in [0.3, 0.4) is 0 Å². The molecule has 98 valence electrons. The highest BCUT2D eigenvalue weighted by Crippen LogP contribution is 2.37. The van der Waals surface area contributed by atoms with Crippen LogP contribution in [0.2, 0.25) is 0 Å². The first-order valence-corrected chi connectivity index (χ1v) is 7.21. The van der Waals surface area contributed by atoms with E-state index in [9.17, 15) is 5.11 Å². The van der Waals surface area contributed by atoms with E-state index in [0.717, 1.165) is 30.5 Å². The van der Waals surface area contributed by atoms with Crippen molar-refractivity contribution in [2.45, 2.75) is 44.8 Å². The molecule has 1 heterocycles. The molecule has 3 atom stereocenters. The summed E-state index contributed by atoms with van der Waals surface area (Å²) >= 11 is 0. The molecule has 1 N–H and O–H groups in total. The molecule has 2 heteroatoms. The molecule has 1 aliphatic carbocycles. The molecule has 3 rings (SSSR count). The monoisotopic (exact) mass is 245 g/mol. The van der Waals surface area contributed by atoms with Crippen molar-refractivity contribution in [3.05, 3.63) is 35.4 Å². The summed E-state index contributed by atoms with van der Waals surface area (Å²) in [5, 5.41) is 10.2. The number of rotatable bonds is 4.